The van der Waals surface area contributed by atoms with Gasteiger partial charge in [-0.05, 0) is 63.0 Å². The molecule has 0 bridgehead atoms. The number of benzene rings is 1. The number of carbonyl (C=O) groups is 2. The summed E-state index contributed by atoms with van der Waals surface area (Å²) >= 11 is 0.377. The summed E-state index contributed by atoms with van der Waals surface area (Å²) in [6.45, 7) is 5.77. The third-order valence-electron chi connectivity index (χ3n) is 11.3. The number of nitrogens with zero attached hydrogens (tertiary/aromatic N) is 3. The lowest BCUT2D eigenvalue weighted by molar-refractivity contribution is -0.163. The van der Waals surface area contributed by atoms with Crippen molar-refractivity contribution in [1.82, 2.24) is 14.8 Å². The highest BCUT2D eigenvalue weighted by Gasteiger charge is 2.56. The van der Waals surface area contributed by atoms with Gasteiger partial charge in [0, 0.05) is 61.4 Å². The summed E-state index contributed by atoms with van der Waals surface area (Å²) in [5, 5.41) is 23.0. The molecule has 2 amide bonds. The molecular weight excluding hydrogens is 765 g/mol. The highest BCUT2D eigenvalue weighted by Crippen LogP contribution is 2.45. The maximum Gasteiger partial charge on any atom is 0.425 e. The average molecular weight is 810 g/mol. The van der Waals surface area contributed by atoms with E-state index in [1.165, 1.54) is 9.80 Å². The normalized spacial score (nSPS) is 24.2. The van der Waals surface area contributed by atoms with Crippen molar-refractivity contribution in [3.05, 3.63) is 88.1 Å². The number of aliphatic hydroxyl groups is 2. The molecule has 2 saturated heterocycles. The first kappa shape index (κ1) is 41.3. The second-order valence-corrected chi connectivity index (χ2v) is 15.9. The lowest BCUT2D eigenvalue weighted by Gasteiger charge is -2.51. The molecule has 3 aromatic rings. The van der Waals surface area contributed by atoms with E-state index in [1.807, 2.05) is 0 Å². The number of aliphatic hydroxyl groups excluding tert-OH is 1. The van der Waals surface area contributed by atoms with Gasteiger partial charge in [0.15, 0.2) is 0 Å². The van der Waals surface area contributed by atoms with E-state index in [4.69, 9.17) is 9.47 Å². The molecule has 16 heteroatoms. The van der Waals surface area contributed by atoms with E-state index in [0.29, 0.717) is 41.7 Å². The van der Waals surface area contributed by atoms with Crippen molar-refractivity contribution in [2.45, 2.75) is 94.3 Å². The van der Waals surface area contributed by atoms with Gasteiger partial charge in [-0.1, -0.05) is 38.1 Å². The van der Waals surface area contributed by atoms with Gasteiger partial charge in [0.25, 0.3) is 11.8 Å². The molecule has 3 aliphatic rings. The number of para-hydroxylation sites is 1. The number of likely N-dealkylation sites (tertiary alicyclic amines) is 2. The number of hydrogen-bond donors (Lipinski definition) is 2. The van der Waals surface area contributed by atoms with Crippen LogP contribution in [0.25, 0.3) is 0 Å². The predicted molar refractivity (Wildman–Crippen MR) is 195 cm³/mol. The molecule has 4 atom stereocenters. The van der Waals surface area contributed by atoms with E-state index in [2.05, 4.69) is 11.6 Å². The number of pyridine rings is 1. The molecule has 0 radical (unpaired) electrons. The summed E-state index contributed by atoms with van der Waals surface area (Å²) < 4.78 is 95.9. The molecule has 0 unspecified atom stereocenters. The Morgan fingerprint density at radius 1 is 1.04 bits per heavy atom. The Balaban J connectivity index is 1.29. The minimum Gasteiger partial charge on any atom is -0.513 e. The van der Waals surface area contributed by atoms with E-state index in [-0.39, 0.29) is 75.1 Å². The molecule has 9 nitrogen and oxygen atoms in total. The van der Waals surface area contributed by atoms with Gasteiger partial charge in [-0.15, -0.1) is 11.3 Å². The van der Waals surface area contributed by atoms with Gasteiger partial charge in [-0.25, -0.2) is 0 Å². The van der Waals surface area contributed by atoms with Gasteiger partial charge < -0.3 is 29.5 Å². The van der Waals surface area contributed by atoms with Crippen LogP contribution in [0.4, 0.5) is 26.3 Å². The Labute approximate surface area is 324 Å². The van der Waals surface area contributed by atoms with Gasteiger partial charge in [0.1, 0.15) is 16.4 Å². The summed E-state index contributed by atoms with van der Waals surface area (Å²) in [6.07, 6.45) is -4.79. The van der Waals surface area contributed by atoms with Crippen LogP contribution in [0, 0.1) is 11.8 Å². The van der Waals surface area contributed by atoms with Gasteiger partial charge >= 0.3 is 12.4 Å². The lowest BCUT2D eigenvalue weighted by Crippen LogP contribution is -2.68. The fourth-order valence-corrected chi connectivity index (χ4v) is 9.11. The van der Waals surface area contributed by atoms with Crippen molar-refractivity contribution in [2.24, 2.45) is 11.8 Å². The molecule has 2 aliphatic heterocycles. The Bertz CT molecular complexity index is 1890. The van der Waals surface area contributed by atoms with Crippen molar-refractivity contribution in [3.63, 3.8) is 0 Å². The molecule has 1 saturated carbocycles. The Hall–Kier alpha value is -4.31. The smallest absolute Gasteiger partial charge is 0.425 e. The van der Waals surface area contributed by atoms with Crippen molar-refractivity contribution in [2.75, 3.05) is 26.2 Å². The Morgan fingerprint density at radius 2 is 1.77 bits per heavy atom. The Kier molecular flexibility index (Phi) is 12.0. The van der Waals surface area contributed by atoms with Crippen LogP contribution in [-0.4, -0.2) is 74.7 Å². The van der Waals surface area contributed by atoms with Crippen LogP contribution in [0.5, 0.6) is 11.5 Å². The van der Waals surface area contributed by atoms with Gasteiger partial charge in [0.2, 0.25) is 5.60 Å². The number of halogens is 6. The number of rotatable bonds is 11. The SMILES string of the molecule is C=C(O)[C@@H]1CC[C@H](COc2ccccc2C2(O)CCN(C(=O)[C@]3(Oc4csc(C(F)(F)F)c4)CCCN(C(=O)c4cnccc4C(F)(F)F)[C@@H]3CCC)CC2)C1. The van der Waals surface area contributed by atoms with Gasteiger partial charge in [-0.3, -0.25) is 14.6 Å². The highest BCUT2D eigenvalue weighted by molar-refractivity contribution is 7.10. The molecule has 2 N–H and O–H groups in total. The van der Waals surface area contributed by atoms with Crippen LogP contribution in [0.3, 0.4) is 0 Å². The number of piperidine rings is 2. The summed E-state index contributed by atoms with van der Waals surface area (Å²) in [4.78, 5) is 34.5. The highest BCUT2D eigenvalue weighted by atomic mass is 32.1. The summed E-state index contributed by atoms with van der Waals surface area (Å²) in [5.41, 5.74) is -4.77. The number of allylic oxidation sites excluding steroid dienone is 1. The monoisotopic (exact) mass is 809 g/mol. The molecule has 6 rings (SSSR count). The number of alkyl halides is 6. The van der Waals surface area contributed by atoms with Gasteiger partial charge in [0.05, 0.1) is 35.1 Å². The number of aromatic nitrogens is 1. The van der Waals surface area contributed by atoms with Crippen molar-refractivity contribution in [3.8, 4) is 11.5 Å². The summed E-state index contributed by atoms with van der Waals surface area (Å²) in [6, 6.07) is 7.39. The lowest BCUT2D eigenvalue weighted by atomic mass is 9.78. The first-order valence-electron chi connectivity index (χ1n) is 18.8. The van der Waals surface area contributed by atoms with Crippen LogP contribution in [-0.2, 0) is 22.7 Å². The van der Waals surface area contributed by atoms with E-state index in [9.17, 15) is 46.1 Å². The largest absolute Gasteiger partial charge is 0.513 e. The minimum atomic E-state index is -4.89. The molecule has 0 spiro atoms. The van der Waals surface area contributed by atoms with Crippen LogP contribution >= 0.6 is 11.3 Å². The zero-order valence-corrected chi connectivity index (χ0v) is 31.7. The molecule has 3 fully saturated rings. The first-order valence-corrected chi connectivity index (χ1v) is 19.6. The summed E-state index contributed by atoms with van der Waals surface area (Å²) in [7, 11) is 0. The van der Waals surface area contributed by atoms with Crippen LogP contribution < -0.4 is 9.47 Å². The second-order valence-electron chi connectivity index (χ2n) is 15.0. The molecule has 304 valence electrons. The number of amides is 2. The van der Waals surface area contributed by atoms with E-state index < -0.39 is 57.4 Å². The minimum absolute atomic E-state index is 0.00273. The van der Waals surface area contributed by atoms with Crippen LogP contribution in [0.1, 0.15) is 91.1 Å². The zero-order valence-electron chi connectivity index (χ0n) is 30.9. The molecular formula is C40H45F6N3O6S. The topological polar surface area (TPSA) is 112 Å². The number of thiophene rings is 1. The first-order chi connectivity index (χ1) is 26.5. The third kappa shape index (κ3) is 8.50. The average Bonchev–Trinajstić information content (AvgIpc) is 3.85. The molecule has 4 heterocycles. The van der Waals surface area contributed by atoms with E-state index in [1.54, 1.807) is 31.2 Å². The van der Waals surface area contributed by atoms with Crippen molar-refractivity contribution in [1.29, 1.82) is 0 Å². The Morgan fingerprint density at radius 3 is 2.41 bits per heavy atom. The molecule has 2 aromatic heterocycles. The van der Waals surface area contributed by atoms with Crippen LogP contribution in [0.15, 0.2) is 66.5 Å². The quantitative estimate of drug-likeness (QED) is 0.147. The maximum absolute atomic E-state index is 15.0. The van der Waals surface area contributed by atoms with Crippen molar-refractivity contribution < 1.29 is 55.6 Å². The van der Waals surface area contributed by atoms with Crippen molar-refractivity contribution >= 4 is 23.2 Å². The standard InChI is InChI=1S/C40H45F6N3O6S/c1-3-7-33-38(55-28-21-34(56-24-28)40(44,45)46,13-6-17-49(33)35(51)29-22-47-16-12-30(29)39(41,42)43)36(52)48-18-14-37(53,15-19-48)31-8-4-5-9-32(31)54-23-26-10-11-27(20-26)25(2)50/h4-5,8-9,12,16,21-22,24,26-27,33,50,53H,2-3,6-7,10-11,13-15,17-20,23H2,1H3/t26-,27+,33+,38-/m0/s1. The number of ether oxygens (including phenoxy) is 2. The van der Waals surface area contributed by atoms with Crippen LogP contribution in [0.2, 0.25) is 0 Å². The summed E-state index contributed by atoms with van der Waals surface area (Å²) in [5.74, 6) is -1.06. The van der Waals surface area contributed by atoms with Gasteiger partial charge in [-0.2, -0.15) is 26.3 Å². The molecule has 56 heavy (non-hydrogen) atoms. The maximum atomic E-state index is 15.0. The number of hydrogen-bond acceptors (Lipinski definition) is 8. The fraction of sp³-hybridized carbons (Fsp3) is 0.525. The number of carbonyl (C=O) groups excluding carboxylic acids is 2. The van der Waals surface area contributed by atoms with E-state index in [0.717, 1.165) is 43.1 Å². The third-order valence-corrected chi connectivity index (χ3v) is 12.3. The molecule has 1 aromatic carbocycles. The fourth-order valence-electron chi connectivity index (χ4n) is 8.43. The molecule has 1 aliphatic carbocycles. The zero-order chi connectivity index (χ0) is 40.5. The van der Waals surface area contributed by atoms with E-state index >= 15 is 0 Å². The predicted octanol–water partition coefficient (Wildman–Crippen LogP) is 8.78. The second kappa shape index (κ2) is 16.3.